The molecule has 16 heavy (non-hydrogen) atoms. The van der Waals surface area contributed by atoms with Crippen molar-refractivity contribution in [3.05, 3.63) is 35.9 Å². The van der Waals surface area contributed by atoms with Gasteiger partial charge in [0.05, 0.1) is 6.61 Å². The summed E-state index contributed by atoms with van der Waals surface area (Å²) in [6.07, 6.45) is 2.67. The number of aliphatic hydroxyl groups is 1. The highest BCUT2D eigenvalue weighted by Gasteiger charge is 2.38. The highest BCUT2D eigenvalue weighted by Crippen LogP contribution is 2.45. The summed E-state index contributed by atoms with van der Waals surface area (Å²) >= 11 is 0. The van der Waals surface area contributed by atoms with Crippen LogP contribution in [0.2, 0.25) is 0 Å². The summed E-state index contributed by atoms with van der Waals surface area (Å²) < 4.78 is 0. The third-order valence-corrected chi connectivity index (χ3v) is 3.37. The van der Waals surface area contributed by atoms with Gasteiger partial charge in [0.1, 0.15) is 0 Å². The standard InChI is InChI=1S/C14H21NO/c1-14(7-8-14)12-15(9-10-16)11-13-5-3-2-4-6-13/h2-6,16H,7-12H2,1H3. The molecule has 0 aromatic heterocycles. The Morgan fingerprint density at radius 3 is 2.50 bits per heavy atom. The summed E-state index contributed by atoms with van der Waals surface area (Å²) in [4.78, 5) is 2.36. The summed E-state index contributed by atoms with van der Waals surface area (Å²) in [6.45, 7) is 5.44. The lowest BCUT2D eigenvalue weighted by Crippen LogP contribution is -2.31. The molecule has 2 nitrogen and oxygen atoms in total. The summed E-state index contributed by atoms with van der Waals surface area (Å²) in [7, 11) is 0. The zero-order valence-electron chi connectivity index (χ0n) is 10.0. The number of rotatable bonds is 6. The molecule has 1 aliphatic carbocycles. The average molecular weight is 219 g/mol. The quantitative estimate of drug-likeness (QED) is 0.793. The van der Waals surface area contributed by atoms with Crippen molar-refractivity contribution < 1.29 is 5.11 Å². The Morgan fingerprint density at radius 1 is 1.25 bits per heavy atom. The molecule has 0 heterocycles. The molecule has 0 unspecified atom stereocenters. The predicted molar refractivity (Wildman–Crippen MR) is 66.1 cm³/mol. The molecule has 0 atom stereocenters. The highest BCUT2D eigenvalue weighted by molar-refractivity contribution is 5.14. The molecular formula is C14H21NO. The van der Waals surface area contributed by atoms with E-state index < -0.39 is 0 Å². The Morgan fingerprint density at radius 2 is 1.94 bits per heavy atom. The first kappa shape index (κ1) is 11.6. The predicted octanol–water partition coefficient (Wildman–Crippen LogP) is 2.28. The van der Waals surface area contributed by atoms with Crippen LogP contribution in [0.4, 0.5) is 0 Å². The first-order chi connectivity index (χ1) is 7.72. The third-order valence-electron chi connectivity index (χ3n) is 3.37. The van der Waals surface area contributed by atoms with Crippen molar-refractivity contribution in [2.45, 2.75) is 26.3 Å². The molecule has 1 aromatic rings. The normalized spacial score (nSPS) is 17.7. The van der Waals surface area contributed by atoms with Crippen LogP contribution in [-0.4, -0.2) is 29.7 Å². The summed E-state index contributed by atoms with van der Waals surface area (Å²) in [5.74, 6) is 0. The lowest BCUT2D eigenvalue weighted by Gasteiger charge is -2.24. The summed E-state index contributed by atoms with van der Waals surface area (Å²) in [6, 6.07) is 10.5. The van der Waals surface area contributed by atoms with Crippen molar-refractivity contribution in [3.63, 3.8) is 0 Å². The van der Waals surface area contributed by atoms with Crippen LogP contribution in [0.25, 0.3) is 0 Å². The summed E-state index contributed by atoms with van der Waals surface area (Å²) in [5.41, 5.74) is 1.85. The van der Waals surface area contributed by atoms with E-state index in [0.717, 1.165) is 19.6 Å². The lowest BCUT2D eigenvalue weighted by molar-refractivity contribution is 0.167. The maximum absolute atomic E-state index is 9.09. The van der Waals surface area contributed by atoms with E-state index in [9.17, 15) is 0 Å². The van der Waals surface area contributed by atoms with Crippen molar-refractivity contribution in [1.82, 2.24) is 4.90 Å². The van der Waals surface area contributed by atoms with Gasteiger partial charge in [0.2, 0.25) is 0 Å². The number of benzene rings is 1. The second-order valence-corrected chi connectivity index (χ2v) is 5.23. The molecule has 2 heteroatoms. The number of hydrogen-bond donors (Lipinski definition) is 1. The van der Waals surface area contributed by atoms with Crippen LogP contribution in [0.5, 0.6) is 0 Å². The van der Waals surface area contributed by atoms with E-state index in [1.807, 2.05) is 6.07 Å². The van der Waals surface area contributed by atoms with Crippen LogP contribution in [0.15, 0.2) is 30.3 Å². The molecule has 0 saturated heterocycles. The second-order valence-electron chi connectivity index (χ2n) is 5.23. The Bertz CT molecular complexity index is 319. The molecule has 1 N–H and O–H groups in total. The van der Waals surface area contributed by atoms with Crippen LogP contribution in [0.1, 0.15) is 25.3 Å². The van der Waals surface area contributed by atoms with Crippen molar-refractivity contribution in [2.24, 2.45) is 5.41 Å². The molecule has 1 aliphatic rings. The van der Waals surface area contributed by atoms with Crippen molar-refractivity contribution in [3.8, 4) is 0 Å². The summed E-state index contributed by atoms with van der Waals surface area (Å²) in [5, 5.41) is 9.09. The Labute approximate surface area is 97.9 Å². The maximum Gasteiger partial charge on any atom is 0.0558 e. The lowest BCUT2D eigenvalue weighted by atomic mass is 10.1. The fourth-order valence-electron chi connectivity index (χ4n) is 2.11. The highest BCUT2D eigenvalue weighted by atomic mass is 16.3. The number of aliphatic hydroxyl groups excluding tert-OH is 1. The molecule has 1 aromatic carbocycles. The molecule has 0 aliphatic heterocycles. The van der Waals surface area contributed by atoms with Gasteiger partial charge in [-0.15, -0.1) is 0 Å². The molecule has 2 rings (SSSR count). The van der Waals surface area contributed by atoms with Gasteiger partial charge < -0.3 is 5.11 Å². The van der Waals surface area contributed by atoms with Gasteiger partial charge in [-0.3, -0.25) is 4.90 Å². The van der Waals surface area contributed by atoms with Gasteiger partial charge in [0.15, 0.2) is 0 Å². The Balaban J connectivity index is 1.92. The molecule has 0 bridgehead atoms. The average Bonchev–Trinajstić information content (AvgIpc) is 2.98. The van der Waals surface area contributed by atoms with E-state index in [4.69, 9.17) is 5.11 Å². The minimum atomic E-state index is 0.253. The van der Waals surface area contributed by atoms with E-state index in [0.29, 0.717) is 5.41 Å². The fraction of sp³-hybridized carbons (Fsp3) is 0.571. The SMILES string of the molecule is CC1(CN(CCO)Cc2ccccc2)CC1. The van der Waals surface area contributed by atoms with Crippen molar-refractivity contribution >= 4 is 0 Å². The second kappa shape index (κ2) is 4.98. The van der Waals surface area contributed by atoms with E-state index >= 15 is 0 Å². The third kappa shape index (κ3) is 3.32. The zero-order valence-corrected chi connectivity index (χ0v) is 10.0. The van der Waals surface area contributed by atoms with E-state index in [1.165, 1.54) is 18.4 Å². The molecule has 0 radical (unpaired) electrons. The number of nitrogens with zero attached hydrogens (tertiary/aromatic N) is 1. The van der Waals surface area contributed by atoms with Gasteiger partial charge in [-0.1, -0.05) is 37.3 Å². The molecule has 0 spiro atoms. The van der Waals surface area contributed by atoms with Gasteiger partial charge in [0, 0.05) is 19.6 Å². The first-order valence-electron chi connectivity index (χ1n) is 6.09. The first-order valence-corrected chi connectivity index (χ1v) is 6.09. The Hall–Kier alpha value is -0.860. The van der Waals surface area contributed by atoms with Gasteiger partial charge in [0.25, 0.3) is 0 Å². The number of hydrogen-bond acceptors (Lipinski definition) is 2. The van der Waals surface area contributed by atoms with E-state index in [-0.39, 0.29) is 6.61 Å². The van der Waals surface area contributed by atoms with Crippen LogP contribution >= 0.6 is 0 Å². The Kier molecular flexibility index (Phi) is 3.62. The molecular weight excluding hydrogens is 198 g/mol. The van der Waals surface area contributed by atoms with Gasteiger partial charge in [-0.25, -0.2) is 0 Å². The van der Waals surface area contributed by atoms with Crippen LogP contribution < -0.4 is 0 Å². The van der Waals surface area contributed by atoms with Crippen LogP contribution in [-0.2, 0) is 6.54 Å². The molecule has 0 amide bonds. The van der Waals surface area contributed by atoms with E-state index in [2.05, 4.69) is 36.1 Å². The van der Waals surface area contributed by atoms with Crippen molar-refractivity contribution in [1.29, 1.82) is 0 Å². The van der Waals surface area contributed by atoms with Gasteiger partial charge in [-0.2, -0.15) is 0 Å². The molecule has 1 fully saturated rings. The van der Waals surface area contributed by atoms with Gasteiger partial charge >= 0.3 is 0 Å². The topological polar surface area (TPSA) is 23.5 Å². The fourth-order valence-corrected chi connectivity index (χ4v) is 2.11. The van der Waals surface area contributed by atoms with Gasteiger partial charge in [-0.05, 0) is 23.8 Å². The molecule has 1 saturated carbocycles. The van der Waals surface area contributed by atoms with E-state index in [1.54, 1.807) is 0 Å². The zero-order chi connectivity index (χ0) is 11.4. The van der Waals surface area contributed by atoms with Crippen molar-refractivity contribution in [2.75, 3.05) is 19.7 Å². The maximum atomic E-state index is 9.09. The monoisotopic (exact) mass is 219 g/mol. The molecule has 88 valence electrons. The minimum absolute atomic E-state index is 0.253. The smallest absolute Gasteiger partial charge is 0.0558 e. The van der Waals surface area contributed by atoms with Crippen LogP contribution in [0.3, 0.4) is 0 Å². The van der Waals surface area contributed by atoms with Crippen LogP contribution in [0, 0.1) is 5.41 Å². The minimum Gasteiger partial charge on any atom is -0.395 e. The largest absolute Gasteiger partial charge is 0.395 e.